The molecule has 3 heterocycles. The number of hydrogen-bond donors (Lipinski definition) is 2. The van der Waals surface area contributed by atoms with Gasteiger partial charge in [0.15, 0.2) is 11.3 Å². The van der Waals surface area contributed by atoms with Gasteiger partial charge in [0.05, 0.1) is 23.0 Å². The standard InChI is InChI=1S/C29H24F2N6O2/c1-16-6-5-7-17-12-19(37(28(39)23(16)17)21-9-4-3-8-20(21)30)14-36-27-24(26(32)33-15-34-27)25(35-36)18-10-11-29(2,31)22(38)13-18/h3-13,15,22,38H,14H2,1-2H3,(H2,32,33,34). The zero-order valence-electron chi connectivity index (χ0n) is 21.1. The molecule has 3 N–H and O–H groups in total. The van der Waals surface area contributed by atoms with E-state index in [0.29, 0.717) is 38.8 Å². The van der Waals surface area contributed by atoms with Gasteiger partial charge in [-0.3, -0.25) is 9.36 Å². The van der Waals surface area contributed by atoms with Crippen molar-refractivity contribution in [2.45, 2.75) is 32.2 Å². The fraction of sp³-hybridized carbons (Fsp3) is 0.172. The Bertz CT molecular complexity index is 1900. The number of anilines is 1. The van der Waals surface area contributed by atoms with Gasteiger partial charge in [-0.1, -0.05) is 36.4 Å². The number of alkyl halides is 1. The highest BCUT2D eigenvalue weighted by Crippen LogP contribution is 2.34. The van der Waals surface area contributed by atoms with E-state index in [2.05, 4.69) is 9.97 Å². The van der Waals surface area contributed by atoms with Crippen LogP contribution in [0, 0.1) is 12.7 Å². The summed E-state index contributed by atoms with van der Waals surface area (Å²) in [5.74, 6) is -0.397. The van der Waals surface area contributed by atoms with Crippen LogP contribution in [0.3, 0.4) is 0 Å². The topological polar surface area (TPSA) is 112 Å². The lowest BCUT2D eigenvalue weighted by atomic mass is 9.91. The summed E-state index contributed by atoms with van der Waals surface area (Å²) in [6, 6.07) is 13.4. The zero-order chi connectivity index (χ0) is 27.5. The second kappa shape index (κ2) is 8.95. The molecular formula is C29H24F2N6O2. The van der Waals surface area contributed by atoms with E-state index in [-0.39, 0.29) is 23.6 Å². The lowest BCUT2D eigenvalue weighted by molar-refractivity contribution is 0.0719. The molecule has 1 aliphatic carbocycles. The van der Waals surface area contributed by atoms with Gasteiger partial charge < -0.3 is 10.8 Å². The molecule has 3 aromatic heterocycles. The second-order valence-electron chi connectivity index (χ2n) is 9.78. The first-order valence-corrected chi connectivity index (χ1v) is 12.3. The van der Waals surface area contributed by atoms with Crippen LogP contribution in [0.5, 0.6) is 0 Å². The molecule has 10 heteroatoms. The first kappa shape index (κ1) is 24.6. The molecule has 39 heavy (non-hydrogen) atoms. The summed E-state index contributed by atoms with van der Waals surface area (Å²) < 4.78 is 32.5. The van der Waals surface area contributed by atoms with Crippen LogP contribution in [0.2, 0.25) is 0 Å². The molecule has 196 valence electrons. The average molecular weight is 527 g/mol. The average Bonchev–Trinajstić information content (AvgIpc) is 3.26. The minimum Gasteiger partial charge on any atom is -0.385 e. The Morgan fingerprint density at radius 1 is 1.13 bits per heavy atom. The molecule has 8 nitrogen and oxygen atoms in total. The van der Waals surface area contributed by atoms with Crippen LogP contribution in [0.1, 0.15) is 23.9 Å². The number of aliphatic hydroxyl groups is 1. The maximum Gasteiger partial charge on any atom is 0.263 e. The molecule has 0 saturated carbocycles. The Morgan fingerprint density at radius 2 is 1.92 bits per heavy atom. The minimum absolute atomic E-state index is 0.0286. The number of hydrogen-bond acceptors (Lipinski definition) is 6. The molecule has 1 aliphatic rings. The fourth-order valence-corrected chi connectivity index (χ4v) is 5.00. The Kier molecular flexibility index (Phi) is 5.65. The van der Waals surface area contributed by atoms with Crippen molar-refractivity contribution in [3.05, 3.63) is 106 Å². The molecule has 2 atom stereocenters. The Morgan fingerprint density at radius 3 is 2.69 bits per heavy atom. The van der Waals surface area contributed by atoms with Gasteiger partial charge in [0.2, 0.25) is 0 Å². The maximum absolute atomic E-state index is 15.0. The summed E-state index contributed by atoms with van der Waals surface area (Å²) in [6.07, 6.45) is 4.07. The summed E-state index contributed by atoms with van der Waals surface area (Å²) in [7, 11) is 0. The summed E-state index contributed by atoms with van der Waals surface area (Å²) in [5.41, 5.74) is 6.44. The zero-order valence-corrected chi connectivity index (χ0v) is 21.1. The molecule has 0 aliphatic heterocycles. The van der Waals surface area contributed by atoms with Crippen molar-refractivity contribution < 1.29 is 13.9 Å². The third-order valence-corrected chi connectivity index (χ3v) is 7.07. The van der Waals surface area contributed by atoms with Crippen LogP contribution in [-0.2, 0) is 6.54 Å². The smallest absolute Gasteiger partial charge is 0.263 e. The van der Waals surface area contributed by atoms with Crippen molar-refractivity contribution in [2.24, 2.45) is 0 Å². The van der Waals surface area contributed by atoms with Gasteiger partial charge in [-0.15, -0.1) is 0 Å². The van der Waals surface area contributed by atoms with Crippen LogP contribution in [0.15, 0.2) is 77.9 Å². The highest BCUT2D eigenvalue weighted by molar-refractivity contribution is 5.98. The number of nitrogen functional groups attached to an aromatic ring is 1. The number of pyridine rings is 1. The number of halogens is 2. The summed E-state index contributed by atoms with van der Waals surface area (Å²) in [6.45, 7) is 3.14. The monoisotopic (exact) mass is 526 g/mol. The molecule has 6 rings (SSSR count). The number of aromatic nitrogens is 5. The quantitative estimate of drug-likeness (QED) is 0.362. The lowest BCUT2D eigenvalue weighted by Crippen LogP contribution is -2.32. The Labute approximate surface area is 221 Å². The van der Waals surface area contributed by atoms with E-state index in [1.165, 1.54) is 42.1 Å². The van der Waals surface area contributed by atoms with Crippen LogP contribution < -0.4 is 11.3 Å². The predicted octanol–water partition coefficient (Wildman–Crippen LogP) is 4.25. The van der Waals surface area contributed by atoms with Crippen molar-refractivity contribution in [2.75, 3.05) is 5.73 Å². The van der Waals surface area contributed by atoms with E-state index in [1.54, 1.807) is 22.9 Å². The molecule has 0 amide bonds. The van der Waals surface area contributed by atoms with Crippen molar-refractivity contribution in [3.63, 3.8) is 0 Å². The van der Waals surface area contributed by atoms with E-state index in [0.717, 1.165) is 5.56 Å². The number of nitrogens with zero attached hydrogens (tertiary/aromatic N) is 5. The highest BCUT2D eigenvalue weighted by atomic mass is 19.1. The van der Waals surface area contributed by atoms with Gasteiger partial charge in [0.1, 0.15) is 29.8 Å². The lowest BCUT2D eigenvalue weighted by Gasteiger charge is -2.24. The predicted molar refractivity (Wildman–Crippen MR) is 146 cm³/mol. The summed E-state index contributed by atoms with van der Waals surface area (Å²) in [4.78, 5) is 22.3. The van der Waals surface area contributed by atoms with Crippen LogP contribution in [0.25, 0.3) is 33.1 Å². The van der Waals surface area contributed by atoms with Gasteiger partial charge in [-0.05, 0) is 55.1 Å². The van der Waals surface area contributed by atoms with E-state index < -0.39 is 17.6 Å². The number of para-hydroxylation sites is 1. The number of rotatable bonds is 4. The van der Waals surface area contributed by atoms with Gasteiger partial charge in [-0.2, -0.15) is 5.10 Å². The highest BCUT2D eigenvalue weighted by Gasteiger charge is 2.32. The largest absolute Gasteiger partial charge is 0.385 e. The molecule has 0 bridgehead atoms. The first-order chi connectivity index (χ1) is 18.7. The van der Waals surface area contributed by atoms with Crippen molar-refractivity contribution >= 4 is 33.2 Å². The van der Waals surface area contributed by atoms with E-state index >= 15 is 4.39 Å². The number of fused-ring (bicyclic) bond motifs is 2. The van der Waals surface area contributed by atoms with Gasteiger partial charge >= 0.3 is 0 Å². The number of aryl methyl sites for hydroxylation is 1. The molecular weight excluding hydrogens is 502 g/mol. The third-order valence-electron chi connectivity index (χ3n) is 7.07. The normalized spacial score (nSPS) is 19.1. The van der Waals surface area contributed by atoms with E-state index in [4.69, 9.17) is 10.8 Å². The minimum atomic E-state index is -1.93. The fourth-order valence-electron chi connectivity index (χ4n) is 5.00. The molecule has 0 radical (unpaired) electrons. The van der Waals surface area contributed by atoms with Gasteiger partial charge in [0.25, 0.3) is 5.56 Å². The van der Waals surface area contributed by atoms with E-state index in [9.17, 15) is 14.3 Å². The third kappa shape index (κ3) is 4.00. The Hall–Kier alpha value is -4.70. The number of benzene rings is 2. The molecule has 0 saturated heterocycles. The second-order valence-corrected chi connectivity index (χ2v) is 9.78. The molecule has 0 spiro atoms. The number of nitrogens with two attached hydrogens (primary N) is 1. The molecule has 2 unspecified atom stereocenters. The number of allylic oxidation sites excluding steroid dienone is 2. The summed E-state index contributed by atoms with van der Waals surface area (Å²) >= 11 is 0. The molecule has 2 aromatic carbocycles. The first-order valence-electron chi connectivity index (χ1n) is 12.3. The Balaban J connectivity index is 1.59. The van der Waals surface area contributed by atoms with Crippen molar-refractivity contribution in [1.29, 1.82) is 0 Å². The number of aliphatic hydroxyl groups excluding tert-OH is 1. The SMILES string of the molecule is Cc1cccc2cc(Cn3nc(C4=CC(O)C(C)(F)C=C4)c4c(N)ncnc43)n(-c3ccccc3F)c(=O)c12. The molecule has 0 fully saturated rings. The maximum atomic E-state index is 15.0. The van der Waals surface area contributed by atoms with Crippen LogP contribution >= 0.6 is 0 Å². The van der Waals surface area contributed by atoms with Crippen molar-refractivity contribution in [3.8, 4) is 5.69 Å². The molecule has 5 aromatic rings. The van der Waals surface area contributed by atoms with Gasteiger partial charge in [-0.25, -0.2) is 23.4 Å². The van der Waals surface area contributed by atoms with Crippen LogP contribution in [0.4, 0.5) is 14.6 Å². The van der Waals surface area contributed by atoms with Gasteiger partial charge in [0, 0.05) is 11.3 Å². The van der Waals surface area contributed by atoms with Crippen molar-refractivity contribution in [1.82, 2.24) is 24.3 Å². The van der Waals surface area contributed by atoms with E-state index in [1.807, 2.05) is 31.2 Å². The van der Waals surface area contributed by atoms with Crippen LogP contribution in [-0.4, -0.2) is 41.2 Å². The summed E-state index contributed by atoms with van der Waals surface area (Å²) in [5, 5.41) is 16.6.